The van der Waals surface area contributed by atoms with Crippen LogP contribution in [0, 0.1) is 0 Å². The molecule has 1 unspecified atom stereocenters. The lowest BCUT2D eigenvalue weighted by Gasteiger charge is -2.15. The molecule has 0 aromatic heterocycles. The van der Waals surface area contributed by atoms with Gasteiger partial charge in [-0.15, -0.1) is 0 Å². The Labute approximate surface area is 218 Å². The van der Waals surface area contributed by atoms with Crippen LogP contribution in [0.1, 0.15) is 26.3 Å². The summed E-state index contributed by atoms with van der Waals surface area (Å²) in [6.45, 7) is 0. The van der Waals surface area contributed by atoms with E-state index in [1.807, 2.05) is 0 Å². The highest BCUT2D eigenvalue weighted by Crippen LogP contribution is 2.48. The predicted octanol–water partition coefficient (Wildman–Crippen LogP) is 5.56. The SMILES string of the molecule is COc1cc(OC)c(C(=O)[P+](=O)c2c(OC)c(Cl)c(C(=O)c3ccccc3)c(Cl)c2OC)c(OC)c1. The van der Waals surface area contributed by atoms with Gasteiger partial charge in [-0.05, 0) is 0 Å². The molecule has 3 aromatic carbocycles. The molecule has 0 N–H and O–H groups in total. The quantitative estimate of drug-likeness (QED) is 0.238. The lowest BCUT2D eigenvalue weighted by molar-refractivity contribution is 0.103. The summed E-state index contributed by atoms with van der Waals surface area (Å²) in [5, 5.41) is -0.631. The van der Waals surface area contributed by atoms with E-state index < -0.39 is 19.1 Å². The molecule has 0 aliphatic heterocycles. The van der Waals surface area contributed by atoms with E-state index in [-0.39, 0.29) is 49.5 Å². The molecule has 36 heavy (non-hydrogen) atoms. The number of ether oxygens (including phenoxy) is 5. The summed E-state index contributed by atoms with van der Waals surface area (Å²) in [6, 6.07) is 11.2. The van der Waals surface area contributed by atoms with Crippen molar-refractivity contribution in [2.75, 3.05) is 35.5 Å². The summed E-state index contributed by atoms with van der Waals surface area (Å²) in [6.07, 6.45) is 0. The topological polar surface area (TPSA) is 97.4 Å². The standard InChI is InChI=1S/C25H22Cl2O8P/c1-31-14-11-15(32-2)17(16(12-14)33-3)25(29)36(30)24-22(34-4)19(26)18(20(27)23(24)35-5)21(28)13-9-7-6-8-10-13/h6-12H,1-5H3/q+1. The van der Waals surface area contributed by atoms with Crippen molar-refractivity contribution in [2.45, 2.75) is 0 Å². The molecule has 188 valence electrons. The molecule has 0 radical (unpaired) electrons. The number of benzene rings is 3. The molecule has 3 rings (SSSR count). The third-order valence-corrected chi connectivity index (χ3v) is 7.38. The highest BCUT2D eigenvalue weighted by atomic mass is 35.5. The Bertz CT molecular complexity index is 1290. The molecule has 8 nitrogen and oxygen atoms in total. The molecule has 0 aliphatic carbocycles. The minimum atomic E-state index is -2.96. The molecule has 0 amide bonds. The van der Waals surface area contributed by atoms with E-state index in [1.54, 1.807) is 30.3 Å². The lowest BCUT2D eigenvalue weighted by Crippen LogP contribution is -2.16. The highest BCUT2D eigenvalue weighted by molar-refractivity contribution is 7.72. The Hall–Kier alpha value is -3.32. The van der Waals surface area contributed by atoms with E-state index in [0.29, 0.717) is 11.3 Å². The first-order valence-corrected chi connectivity index (χ1v) is 12.3. The largest absolute Gasteiger partial charge is 0.496 e. The molecular weight excluding hydrogens is 530 g/mol. The zero-order chi connectivity index (χ0) is 26.6. The summed E-state index contributed by atoms with van der Waals surface area (Å²) >= 11 is 13.1. The van der Waals surface area contributed by atoms with Gasteiger partial charge in [0.15, 0.2) is 22.8 Å². The average molecular weight is 552 g/mol. The third kappa shape index (κ3) is 4.85. The van der Waals surface area contributed by atoms with E-state index in [9.17, 15) is 14.2 Å². The lowest BCUT2D eigenvalue weighted by atomic mass is 10.0. The minimum Gasteiger partial charge on any atom is -0.496 e. The Kier molecular flexibility index (Phi) is 8.79. The molecule has 1 atom stereocenters. The van der Waals surface area contributed by atoms with Crippen molar-refractivity contribution in [1.29, 1.82) is 0 Å². The summed E-state index contributed by atoms with van der Waals surface area (Å²) in [7, 11) is 3.69. The van der Waals surface area contributed by atoms with Crippen molar-refractivity contribution in [1.82, 2.24) is 0 Å². The number of carbonyl (C=O) groups excluding carboxylic acids is 2. The maximum atomic E-state index is 13.7. The molecule has 0 spiro atoms. The Balaban J connectivity index is 2.25. The van der Waals surface area contributed by atoms with Gasteiger partial charge < -0.3 is 23.7 Å². The van der Waals surface area contributed by atoms with Crippen molar-refractivity contribution >= 4 is 47.6 Å². The smallest absolute Gasteiger partial charge is 0.466 e. The molecule has 0 aliphatic rings. The number of hydrogen-bond donors (Lipinski definition) is 0. The molecule has 0 fully saturated rings. The first-order valence-electron chi connectivity index (χ1n) is 10.3. The average Bonchev–Trinajstić information content (AvgIpc) is 2.91. The van der Waals surface area contributed by atoms with Gasteiger partial charge in [-0.25, -0.2) is 4.79 Å². The number of rotatable bonds is 10. The second-order valence-electron chi connectivity index (χ2n) is 7.12. The van der Waals surface area contributed by atoms with Crippen LogP contribution in [0.25, 0.3) is 0 Å². The fourth-order valence-electron chi connectivity index (χ4n) is 3.54. The molecule has 0 saturated carbocycles. The van der Waals surface area contributed by atoms with E-state index in [1.165, 1.54) is 47.7 Å². The van der Waals surface area contributed by atoms with Crippen LogP contribution in [0.15, 0.2) is 42.5 Å². The zero-order valence-corrected chi connectivity index (χ0v) is 22.4. The van der Waals surface area contributed by atoms with Gasteiger partial charge in [0.2, 0.25) is 0 Å². The van der Waals surface area contributed by atoms with Gasteiger partial charge in [-0.2, -0.15) is 0 Å². The van der Waals surface area contributed by atoms with Crippen LogP contribution in [0.2, 0.25) is 10.0 Å². The highest BCUT2D eigenvalue weighted by Gasteiger charge is 2.46. The van der Waals surface area contributed by atoms with Crippen LogP contribution in [0.3, 0.4) is 0 Å². The Morgan fingerprint density at radius 1 is 0.722 bits per heavy atom. The van der Waals surface area contributed by atoms with Crippen LogP contribution >= 0.6 is 31.0 Å². The summed E-state index contributed by atoms with van der Waals surface area (Å²) in [5.41, 5.74) is -0.765. The normalized spacial score (nSPS) is 10.9. The summed E-state index contributed by atoms with van der Waals surface area (Å²) in [5.74, 6) is -0.360. The van der Waals surface area contributed by atoms with Crippen LogP contribution < -0.4 is 29.0 Å². The van der Waals surface area contributed by atoms with E-state index >= 15 is 0 Å². The van der Waals surface area contributed by atoms with Gasteiger partial charge in [0, 0.05) is 17.7 Å². The molecular formula is C25H22Cl2O8P+. The van der Waals surface area contributed by atoms with Crippen LogP contribution in [0.5, 0.6) is 28.7 Å². The zero-order valence-electron chi connectivity index (χ0n) is 20.0. The first-order chi connectivity index (χ1) is 17.2. The molecule has 3 aromatic rings. The van der Waals surface area contributed by atoms with Crippen molar-refractivity contribution < 1.29 is 37.8 Å². The summed E-state index contributed by atoms with van der Waals surface area (Å²) in [4.78, 5) is 26.8. The van der Waals surface area contributed by atoms with Gasteiger partial charge in [0.1, 0.15) is 27.3 Å². The fraction of sp³-hybridized carbons (Fsp3) is 0.200. The number of halogens is 2. The Morgan fingerprint density at radius 2 is 1.22 bits per heavy atom. The van der Waals surface area contributed by atoms with Gasteiger partial charge >= 0.3 is 13.3 Å². The maximum Gasteiger partial charge on any atom is 0.466 e. The number of methoxy groups -OCH3 is 5. The fourth-order valence-corrected chi connectivity index (χ4v) is 5.83. The summed E-state index contributed by atoms with van der Waals surface area (Å²) < 4.78 is 40.4. The van der Waals surface area contributed by atoms with Gasteiger partial charge in [-0.1, -0.05) is 58.1 Å². The Morgan fingerprint density at radius 3 is 1.64 bits per heavy atom. The van der Waals surface area contributed by atoms with E-state index in [2.05, 4.69) is 0 Å². The number of carbonyl (C=O) groups is 2. The van der Waals surface area contributed by atoms with Gasteiger partial charge in [0.05, 0.1) is 41.1 Å². The van der Waals surface area contributed by atoms with Crippen molar-refractivity contribution in [3.8, 4) is 28.7 Å². The molecule has 0 saturated heterocycles. The molecule has 11 heteroatoms. The van der Waals surface area contributed by atoms with Crippen molar-refractivity contribution in [2.24, 2.45) is 0 Å². The molecule has 0 bridgehead atoms. The maximum absolute atomic E-state index is 13.7. The predicted molar refractivity (Wildman–Crippen MR) is 137 cm³/mol. The van der Waals surface area contributed by atoms with Crippen LogP contribution in [-0.4, -0.2) is 46.9 Å². The monoisotopic (exact) mass is 551 g/mol. The van der Waals surface area contributed by atoms with E-state index in [0.717, 1.165) is 0 Å². The third-order valence-electron chi connectivity index (χ3n) is 5.26. The van der Waals surface area contributed by atoms with E-state index in [4.69, 9.17) is 46.9 Å². The van der Waals surface area contributed by atoms with Crippen molar-refractivity contribution in [3.63, 3.8) is 0 Å². The van der Waals surface area contributed by atoms with Gasteiger partial charge in [0.25, 0.3) is 5.30 Å². The van der Waals surface area contributed by atoms with Crippen LogP contribution in [0.4, 0.5) is 0 Å². The first kappa shape index (κ1) is 27.3. The molecule has 0 heterocycles. The second-order valence-corrected chi connectivity index (χ2v) is 9.32. The van der Waals surface area contributed by atoms with Crippen molar-refractivity contribution in [3.05, 3.63) is 69.2 Å². The second kappa shape index (κ2) is 11.6. The minimum absolute atomic E-state index is 0.0746. The number of hydrogen-bond acceptors (Lipinski definition) is 8. The number of ketones is 1. The van der Waals surface area contributed by atoms with Gasteiger partial charge in [-0.3, -0.25) is 4.79 Å². The van der Waals surface area contributed by atoms with Crippen LogP contribution in [-0.2, 0) is 4.57 Å².